The molecule has 2 N–H and O–H groups in total. The third kappa shape index (κ3) is 4.90. The molecule has 5 nitrogen and oxygen atoms in total. The van der Waals surface area contributed by atoms with Crippen LogP contribution < -0.4 is 15.5 Å². The second-order valence-corrected chi connectivity index (χ2v) is 6.64. The van der Waals surface area contributed by atoms with Crippen LogP contribution in [0.2, 0.25) is 0 Å². The molecule has 0 aliphatic carbocycles. The van der Waals surface area contributed by atoms with Gasteiger partial charge in [-0.2, -0.15) is 0 Å². The van der Waals surface area contributed by atoms with Crippen LogP contribution in [-0.2, 0) is 4.74 Å². The van der Waals surface area contributed by atoms with Crippen molar-refractivity contribution < 1.29 is 4.74 Å². The molecule has 1 aliphatic rings. The summed E-state index contributed by atoms with van der Waals surface area (Å²) in [5.41, 5.74) is 3.58. The average Bonchev–Trinajstić information content (AvgIpc) is 2.62. The molecule has 3 rings (SSSR count). The van der Waals surface area contributed by atoms with E-state index in [1.54, 1.807) is 6.20 Å². The molecule has 0 radical (unpaired) electrons. The number of aromatic nitrogens is 1. The van der Waals surface area contributed by atoms with Crippen molar-refractivity contribution >= 4 is 28.8 Å². The number of morpholine rings is 1. The van der Waals surface area contributed by atoms with Crippen molar-refractivity contribution in [3.8, 4) is 0 Å². The standard InChI is InChI=1S/C19H24N4OS/c1-14-7-8-20-18(13-14)22-19(25)21-15(2)16-3-5-17(6-4-16)23-9-11-24-12-10-23/h3-8,13,15H,9-12H2,1-2H3,(H2,20,21,22,25)/t15-/m0/s1. The van der Waals surface area contributed by atoms with Gasteiger partial charge in [-0.3, -0.25) is 0 Å². The van der Waals surface area contributed by atoms with Gasteiger partial charge in [0.1, 0.15) is 5.82 Å². The summed E-state index contributed by atoms with van der Waals surface area (Å²) in [6.45, 7) is 7.62. The zero-order valence-corrected chi connectivity index (χ0v) is 15.5. The molecule has 0 bridgehead atoms. The van der Waals surface area contributed by atoms with Crippen LogP contribution in [0.3, 0.4) is 0 Å². The molecule has 25 heavy (non-hydrogen) atoms. The van der Waals surface area contributed by atoms with Crippen molar-refractivity contribution in [1.82, 2.24) is 10.3 Å². The first-order valence-electron chi connectivity index (χ1n) is 8.54. The molecule has 1 aliphatic heterocycles. The van der Waals surface area contributed by atoms with Gasteiger partial charge >= 0.3 is 0 Å². The highest BCUT2D eigenvalue weighted by Crippen LogP contribution is 2.20. The number of thiocarbonyl (C=S) groups is 1. The number of nitrogens with one attached hydrogen (secondary N) is 2. The number of aryl methyl sites for hydroxylation is 1. The molecule has 6 heteroatoms. The number of hydrogen-bond donors (Lipinski definition) is 2. The molecule has 2 aromatic rings. The fraction of sp³-hybridized carbons (Fsp3) is 0.368. The molecule has 132 valence electrons. The lowest BCUT2D eigenvalue weighted by Crippen LogP contribution is -2.36. The fourth-order valence-electron chi connectivity index (χ4n) is 2.83. The van der Waals surface area contributed by atoms with Gasteiger partial charge in [0.2, 0.25) is 0 Å². The summed E-state index contributed by atoms with van der Waals surface area (Å²) in [6, 6.07) is 12.7. The largest absolute Gasteiger partial charge is 0.378 e. The molecule has 1 saturated heterocycles. The van der Waals surface area contributed by atoms with Crippen LogP contribution >= 0.6 is 12.2 Å². The summed E-state index contributed by atoms with van der Waals surface area (Å²) < 4.78 is 5.41. The Labute approximate surface area is 154 Å². The minimum atomic E-state index is 0.114. The van der Waals surface area contributed by atoms with Crippen molar-refractivity contribution in [3.63, 3.8) is 0 Å². The van der Waals surface area contributed by atoms with E-state index in [1.165, 1.54) is 11.3 Å². The van der Waals surface area contributed by atoms with Crippen LogP contribution in [0.15, 0.2) is 42.6 Å². The molecule has 0 unspecified atom stereocenters. The second-order valence-electron chi connectivity index (χ2n) is 6.23. The third-order valence-electron chi connectivity index (χ3n) is 4.27. The first-order chi connectivity index (χ1) is 12.1. The molecule has 1 aromatic carbocycles. The quantitative estimate of drug-likeness (QED) is 0.820. The highest BCUT2D eigenvalue weighted by Gasteiger charge is 2.12. The van der Waals surface area contributed by atoms with Crippen LogP contribution in [0.1, 0.15) is 24.1 Å². The number of benzene rings is 1. The zero-order valence-electron chi connectivity index (χ0n) is 14.7. The summed E-state index contributed by atoms with van der Waals surface area (Å²) in [4.78, 5) is 6.62. The Morgan fingerprint density at radius 2 is 1.92 bits per heavy atom. The van der Waals surface area contributed by atoms with Gasteiger partial charge in [-0.15, -0.1) is 0 Å². The second kappa shape index (κ2) is 8.27. The maximum Gasteiger partial charge on any atom is 0.172 e. The van der Waals surface area contributed by atoms with E-state index in [9.17, 15) is 0 Å². The minimum absolute atomic E-state index is 0.114. The first kappa shape index (κ1) is 17.6. The van der Waals surface area contributed by atoms with E-state index in [0.717, 1.165) is 37.7 Å². The Morgan fingerprint density at radius 3 is 2.60 bits per heavy atom. The number of anilines is 2. The monoisotopic (exact) mass is 356 g/mol. The molecular formula is C19H24N4OS. The van der Waals surface area contributed by atoms with Crippen LogP contribution in [0.4, 0.5) is 11.5 Å². The van der Waals surface area contributed by atoms with Crippen molar-refractivity contribution in [2.75, 3.05) is 36.5 Å². The van der Waals surface area contributed by atoms with Crippen molar-refractivity contribution in [1.29, 1.82) is 0 Å². The Morgan fingerprint density at radius 1 is 1.20 bits per heavy atom. The van der Waals surface area contributed by atoms with E-state index in [-0.39, 0.29) is 6.04 Å². The van der Waals surface area contributed by atoms with Gasteiger partial charge in [0.15, 0.2) is 5.11 Å². The number of pyridine rings is 1. The summed E-state index contributed by atoms with van der Waals surface area (Å²) >= 11 is 5.40. The van der Waals surface area contributed by atoms with E-state index in [0.29, 0.717) is 5.11 Å². The Hall–Kier alpha value is -2.18. The summed E-state index contributed by atoms with van der Waals surface area (Å²) in [7, 11) is 0. The minimum Gasteiger partial charge on any atom is -0.378 e. The number of hydrogen-bond acceptors (Lipinski definition) is 4. The number of ether oxygens (including phenoxy) is 1. The number of nitrogens with zero attached hydrogens (tertiary/aromatic N) is 2. The normalized spacial score (nSPS) is 15.5. The molecule has 0 spiro atoms. The highest BCUT2D eigenvalue weighted by molar-refractivity contribution is 7.80. The molecular weight excluding hydrogens is 332 g/mol. The third-order valence-corrected chi connectivity index (χ3v) is 4.49. The number of rotatable bonds is 4. The van der Waals surface area contributed by atoms with Crippen molar-refractivity contribution in [2.24, 2.45) is 0 Å². The maximum atomic E-state index is 5.41. The molecule has 2 heterocycles. The summed E-state index contributed by atoms with van der Waals surface area (Å²) in [6.07, 6.45) is 1.77. The zero-order chi connectivity index (χ0) is 17.6. The van der Waals surface area contributed by atoms with Crippen molar-refractivity contribution in [2.45, 2.75) is 19.9 Å². The predicted octanol–water partition coefficient (Wildman–Crippen LogP) is 3.27. The van der Waals surface area contributed by atoms with Crippen molar-refractivity contribution in [3.05, 3.63) is 53.7 Å². The Bertz CT molecular complexity index is 714. The Kier molecular flexibility index (Phi) is 5.83. The van der Waals surface area contributed by atoms with Gasteiger partial charge in [-0.1, -0.05) is 12.1 Å². The molecule has 1 atom stereocenters. The molecule has 1 fully saturated rings. The van der Waals surface area contributed by atoms with E-state index < -0.39 is 0 Å². The van der Waals surface area contributed by atoms with Gasteiger partial charge < -0.3 is 20.3 Å². The van der Waals surface area contributed by atoms with Gasteiger partial charge in [-0.25, -0.2) is 4.98 Å². The predicted molar refractivity (Wildman–Crippen MR) is 106 cm³/mol. The smallest absolute Gasteiger partial charge is 0.172 e. The Balaban J connectivity index is 1.57. The van der Waals surface area contributed by atoms with Crippen LogP contribution in [0.5, 0.6) is 0 Å². The van der Waals surface area contributed by atoms with E-state index >= 15 is 0 Å². The lowest BCUT2D eigenvalue weighted by molar-refractivity contribution is 0.122. The highest BCUT2D eigenvalue weighted by atomic mass is 32.1. The van der Waals surface area contributed by atoms with Crippen LogP contribution in [0, 0.1) is 6.92 Å². The van der Waals surface area contributed by atoms with E-state index in [1.807, 2.05) is 19.1 Å². The summed E-state index contributed by atoms with van der Waals surface area (Å²) in [5, 5.41) is 7.02. The topological polar surface area (TPSA) is 49.4 Å². The first-order valence-corrected chi connectivity index (χ1v) is 8.95. The van der Waals surface area contributed by atoms with Crippen LogP contribution in [-0.4, -0.2) is 36.4 Å². The lowest BCUT2D eigenvalue weighted by Gasteiger charge is -2.29. The average molecular weight is 356 g/mol. The lowest BCUT2D eigenvalue weighted by atomic mass is 10.1. The van der Waals surface area contributed by atoms with Gasteiger partial charge in [-0.05, 0) is 61.5 Å². The summed E-state index contributed by atoms with van der Waals surface area (Å²) in [5.74, 6) is 0.757. The van der Waals surface area contributed by atoms with E-state index in [2.05, 4.69) is 51.7 Å². The molecule has 0 saturated carbocycles. The van der Waals surface area contributed by atoms with Gasteiger partial charge in [0.25, 0.3) is 0 Å². The maximum absolute atomic E-state index is 5.41. The SMILES string of the molecule is Cc1ccnc(NC(=S)N[C@@H](C)c2ccc(N3CCOCC3)cc2)c1. The van der Waals surface area contributed by atoms with Gasteiger partial charge in [0.05, 0.1) is 19.3 Å². The van der Waals surface area contributed by atoms with E-state index in [4.69, 9.17) is 17.0 Å². The molecule has 0 amide bonds. The fourth-order valence-corrected chi connectivity index (χ4v) is 3.11. The van der Waals surface area contributed by atoms with Gasteiger partial charge in [0, 0.05) is 25.0 Å². The van der Waals surface area contributed by atoms with Crippen LogP contribution in [0.25, 0.3) is 0 Å². The molecule has 1 aromatic heterocycles.